The molecule has 1 unspecified atom stereocenters. The standard InChI is InChI=1S/C17H19ClN2O3/c1-22-11-14-5-6-16(23-14)17(21)20-8-7-19-10-15(20)12-3-2-4-13(18)9-12/h2-6,9,15,19H,7-8,10-11H2,1H3. The lowest BCUT2D eigenvalue weighted by Gasteiger charge is -2.36. The maximum atomic E-state index is 12.8. The van der Waals surface area contributed by atoms with Crippen LogP contribution in [0.4, 0.5) is 0 Å². The Bertz CT molecular complexity index is 686. The molecule has 0 saturated carbocycles. The van der Waals surface area contributed by atoms with Crippen LogP contribution in [0.25, 0.3) is 0 Å². The Kier molecular flexibility index (Phi) is 5.00. The van der Waals surface area contributed by atoms with Gasteiger partial charge in [0.1, 0.15) is 12.4 Å². The molecule has 0 spiro atoms. The van der Waals surface area contributed by atoms with Crippen LogP contribution in [0.15, 0.2) is 40.8 Å². The van der Waals surface area contributed by atoms with Crippen molar-refractivity contribution in [3.63, 3.8) is 0 Å². The lowest BCUT2D eigenvalue weighted by molar-refractivity contribution is 0.0595. The van der Waals surface area contributed by atoms with Gasteiger partial charge in [-0.15, -0.1) is 0 Å². The van der Waals surface area contributed by atoms with Crippen molar-refractivity contribution in [3.8, 4) is 0 Å². The number of nitrogens with zero attached hydrogens (tertiary/aromatic N) is 1. The number of halogens is 1. The Balaban J connectivity index is 1.84. The van der Waals surface area contributed by atoms with E-state index in [1.807, 2.05) is 29.2 Å². The molecule has 0 bridgehead atoms. The van der Waals surface area contributed by atoms with Crippen LogP contribution in [0.5, 0.6) is 0 Å². The van der Waals surface area contributed by atoms with Crippen molar-refractivity contribution < 1.29 is 13.9 Å². The molecule has 1 atom stereocenters. The quantitative estimate of drug-likeness (QED) is 0.934. The summed E-state index contributed by atoms with van der Waals surface area (Å²) in [7, 11) is 1.59. The molecule has 1 aromatic carbocycles. The zero-order chi connectivity index (χ0) is 16.2. The number of nitrogens with one attached hydrogen (secondary N) is 1. The smallest absolute Gasteiger partial charge is 0.290 e. The first-order valence-electron chi connectivity index (χ1n) is 7.54. The molecule has 5 nitrogen and oxygen atoms in total. The molecule has 0 radical (unpaired) electrons. The highest BCUT2D eigenvalue weighted by Gasteiger charge is 2.30. The van der Waals surface area contributed by atoms with Gasteiger partial charge in [0, 0.05) is 31.8 Å². The van der Waals surface area contributed by atoms with Crippen LogP contribution >= 0.6 is 11.6 Å². The minimum atomic E-state index is -0.112. The molecule has 23 heavy (non-hydrogen) atoms. The van der Waals surface area contributed by atoms with E-state index in [1.165, 1.54) is 0 Å². The van der Waals surface area contributed by atoms with Gasteiger partial charge in [-0.2, -0.15) is 0 Å². The normalized spacial score (nSPS) is 18.2. The molecule has 1 aliphatic rings. The molecule has 3 rings (SSSR count). The second-order valence-electron chi connectivity index (χ2n) is 5.47. The Morgan fingerprint density at radius 1 is 1.43 bits per heavy atom. The zero-order valence-electron chi connectivity index (χ0n) is 12.9. The molecule has 2 heterocycles. The summed E-state index contributed by atoms with van der Waals surface area (Å²) in [6.07, 6.45) is 0. The summed E-state index contributed by atoms with van der Waals surface area (Å²) >= 11 is 6.09. The summed E-state index contributed by atoms with van der Waals surface area (Å²) in [4.78, 5) is 14.6. The average molecular weight is 335 g/mol. The van der Waals surface area contributed by atoms with Gasteiger partial charge in [0.2, 0.25) is 0 Å². The molecule has 1 aliphatic heterocycles. The van der Waals surface area contributed by atoms with Gasteiger partial charge in [-0.3, -0.25) is 4.79 Å². The highest BCUT2D eigenvalue weighted by Crippen LogP contribution is 2.26. The van der Waals surface area contributed by atoms with Crippen molar-refractivity contribution >= 4 is 17.5 Å². The number of amides is 1. The lowest BCUT2D eigenvalue weighted by atomic mass is 10.0. The van der Waals surface area contributed by atoms with Gasteiger partial charge in [0.05, 0.1) is 6.04 Å². The number of hydrogen-bond donors (Lipinski definition) is 1. The van der Waals surface area contributed by atoms with Crippen molar-refractivity contribution in [2.75, 3.05) is 26.7 Å². The topological polar surface area (TPSA) is 54.7 Å². The minimum Gasteiger partial charge on any atom is -0.453 e. The van der Waals surface area contributed by atoms with Crippen LogP contribution < -0.4 is 5.32 Å². The van der Waals surface area contributed by atoms with Crippen LogP contribution in [0.2, 0.25) is 5.02 Å². The van der Waals surface area contributed by atoms with E-state index in [0.717, 1.165) is 12.1 Å². The average Bonchev–Trinajstić information content (AvgIpc) is 3.03. The van der Waals surface area contributed by atoms with E-state index < -0.39 is 0 Å². The lowest BCUT2D eigenvalue weighted by Crippen LogP contribution is -2.48. The van der Waals surface area contributed by atoms with Gasteiger partial charge in [0.25, 0.3) is 5.91 Å². The molecule has 6 heteroatoms. The number of rotatable bonds is 4. The number of hydrogen-bond acceptors (Lipinski definition) is 4. The molecule has 1 saturated heterocycles. The van der Waals surface area contributed by atoms with Crippen LogP contribution in [0.3, 0.4) is 0 Å². The molecule has 0 aliphatic carbocycles. The third-order valence-electron chi connectivity index (χ3n) is 3.90. The van der Waals surface area contributed by atoms with Crippen molar-refractivity contribution in [1.82, 2.24) is 10.2 Å². The van der Waals surface area contributed by atoms with Gasteiger partial charge < -0.3 is 19.4 Å². The molecular formula is C17H19ClN2O3. The third-order valence-corrected chi connectivity index (χ3v) is 4.13. The highest BCUT2D eigenvalue weighted by atomic mass is 35.5. The zero-order valence-corrected chi connectivity index (χ0v) is 13.7. The monoisotopic (exact) mass is 334 g/mol. The maximum absolute atomic E-state index is 12.8. The number of benzene rings is 1. The van der Waals surface area contributed by atoms with Gasteiger partial charge in [0.15, 0.2) is 5.76 Å². The first-order chi connectivity index (χ1) is 11.2. The summed E-state index contributed by atoms with van der Waals surface area (Å²) in [6.45, 7) is 2.43. The molecular weight excluding hydrogens is 316 g/mol. The van der Waals surface area contributed by atoms with Gasteiger partial charge >= 0.3 is 0 Å². The van der Waals surface area contributed by atoms with E-state index in [2.05, 4.69) is 5.32 Å². The SMILES string of the molecule is COCc1ccc(C(=O)N2CCNCC2c2cccc(Cl)c2)o1. The van der Waals surface area contributed by atoms with Gasteiger partial charge in [-0.1, -0.05) is 23.7 Å². The number of piperazine rings is 1. The van der Waals surface area contributed by atoms with E-state index in [1.54, 1.807) is 19.2 Å². The highest BCUT2D eigenvalue weighted by molar-refractivity contribution is 6.30. The molecule has 1 aromatic heterocycles. The van der Waals surface area contributed by atoms with Crippen molar-refractivity contribution in [2.24, 2.45) is 0 Å². The number of furan rings is 1. The first kappa shape index (κ1) is 16.1. The number of carbonyl (C=O) groups is 1. The Labute approximate surface area is 140 Å². The molecule has 1 N–H and O–H groups in total. The van der Waals surface area contributed by atoms with Crippen LogP contribution in [0.1, 0.15) is 27.9 Å². The predicted octanol–water partition coefficient (Wildman–Crippen LogP) is 2.87. The van der Waals surface area contributed by atoms with Crippen LogP contribution in [-0.2, 0) is 11.3 Å². The molecule has 1 fully saturated rings. The fourth-order valence-corrected chi connectivity index (χ4v) is 3.01. The fourth-order valence-electron chi connectivity index (χ4n) is 2.81. The largest absolute Gasteiger partial charge is 0.453 e. The van der Waals surface area contributed by atoms with Crippen molar-refractivity contribution in [3.05, 3.63) is 58.5 Å². The van der Waals surface area contributed by atoms with Crippen LogP contribution in [-0.4, -0.2) is 37.6 Å². The summed E-state index contributed by atoms with van der Waals surface area (Å²) in [6, 6.07) is 11.0. The van der Waals surface area contributed by atoms with E-state index >= 15 is 0 Å². The second-order valence-corrected chi connectivity index (χ2v) is 5.91. The third kappa shape index (κ3) is 3.58. The number of methoxy groups -OCH3 is 1. The minimum absolute atomic E-state index is 0.0640. The predicted molar refractivity (Wildman–Crippen MR) is 87.5 cm³/mol. The maximum Gasteiger partial charge on any atom is 0.290 e. The van der Waals surface area contributed by atoms with E-state index in [0.29, 0.717) is 36.2 Å². The Hall–Kier alpha value is -1.82. The van der Waals surface area contributed by atoms with E-state index in [4.69, 9.17) is 20.8 Å². The van der Waals surface area contributed by atoms with Crippen molar-refractivity contribution in [2.45, 2.75) is 12.6 Å². The molecule has 122 valence electrons. The Morgan fingerprint density at radius 3 is 3.09 bits per heavy atom. The number of carbonyl (C=O) groups excluding carboxylic acids is 1. The molecule has 1 amide bonds. The fraction of sp³-hybridized carbons (Fsp3) is 0.353. The number of ether oxygens (including phenoxy) is 1. The Morgan fingerprint density at radius 2 is 2.30 bits per heavy atom. The summed E-state index contributed by atoms with van der Waals surface area (Å²) < 4.78 is 10.6. The summed E-state index contributed by atoms with van der Waals surface area (Å²) in [5.74, 6) is 0.870. The molecule has 2 aromatic rings. The summed E-state index contributed by atoms with van der Waals surface area (Å²) in [5, 5.41) is 3.99. The first-order valence-corrected chi connectivity index (χ1v) is 7.91. The van der Waals surface area contributed by atoms with E-state index in [9.17, 15) is 4.79 Å². The second kappa shape index (κ2) is 7.17. The van der Waals surface area contributed by atoms with Gasteiger partial charge in [-0.25, -0.2) is 0 Å². The van der Waals surface area contributed by atoms with Crippen molar-refractivity contribution in [1.29, 1.82) is 0 Å². The van der Waals surface area contributed by atoms with Gasteiger partial charge in [-0.05, 0) is 29.8 Å². The summed E-state index contributed by atoms with van der Waals surface area (Å²) in [5.41, 5.74) is 1.02. The van der Waals surface area contributed by atoms with E-state index in [-0.39, 0.29) is 11.9 Å². The van der Waals surface area contributed by atoms with Crippen LogP contribution in [0, 0.1) is 0 Å².